The SMILES string of the molecule is COC1C(CO)OC(Oc2ccc(-c3cn(O)c(=O)c(C4OC(C)CCC4C)c3O)cc2)C(O)C1O. The number of methoxy groups -OCH3 is 1. The summed E-state index contributed by atoms with van der Waals surface area (Å²) in [6, 6.07) is 6.28. The Kier molecular flexibility index (Phi) is 7.88. The fourth-order valence-electron chi connectivity index (χ4n) is 4.82. The standard InChI is InChI=1S/C25H33NO10/c1-12-4-5-13(2)34-22(12)18-19(28)16(10-26(32)24(18)31)14-6-8-15(9-7-14)35-25-21(30)20(29)23(33-3)17(11-27)36-25/h6-10,12-13,17,20-23,25,27-30,32H,4-5,11H2,1-3H3. The highest BCUT2D eigenvalue weighted by Crippen LogP contribution is 2.41. The van der Waals surface area contributed by atoms with Gasteiger partial charge in [0.05, 0.1) is 30.6 Å². The number of aromatic hydroxyl groups is 1. The molecule has 0 saturated carbocycles. The van der Waals surface area contributed by atoms with Crippen LogP contribution in [-0.4, -0.2) is 80.9 Å². The van der Waals surface area contributed by atoms with E-state index >= 15 is 0 Å². The zero-order chi connectivity index (χ0) is 26.1. The molecule has 4 rings (SSSR count). The van der Waals surface area contributed by atoms with Gasteiger partial charge in [0.1, 0.15) is 35.9 Å². The highest BCUT2D eigenvalue weighted by molar-refractivity contribution is 5.71. The van der Waals surface area contributed by atoms with Gasteiger partial charge in [-0.3, -0.25) is 4.79 Å². The smallest absolute Gasteiger partial charge is 0.292 e. The van der Waals surface area contributed by atoms with Crippen molar-refractivity contribution in [2.24, 2.45) is 5.92 Å². The Balaban J connectivity index is 1.59. The van der Waals surface area contributed by atoms with E-state index in [0.29, 0.717) is 10.3 Å². The fraction of sp³-hybridized carbons (Fsp3) is 0.560. The van der Waals surface area contributed by atoms with E-state index in [1.54, 1.807) is 24.3 Å². The monoisotopic (exact) mass is 507 g/mol. The van der Waals surface area contributed by atoms with E-state index in [0.717, 1.165) is 19.0 Å². The van der Waals surface area contributed by atoms with Gasteiger partial charge >= 0.3 is 0 Å². The summed E-state index contributed by atoms with van der Waals surface area (Å²) in [7, 11) is 1.34. The van der Waals surface area contributed by atoms with E-state index in [-0.39, 0.29) is 34.6 Å². The molecule has 3 heterocycles. The van der Waals surface area contributed by atoms with Crippen molar-refractivity contribution in [2.75, 3.05) is 13.7 Å². The molecule has 36 heavy (non-hydrogen) atoms. The maximum Gasteiger partial charge on any atom is 0.292 e. The number of pyridine rings is 1. The number of aromatic nitrogens is 1. The lowest BCUT2D eigenvalue weighted by Crippen LogP contribution is -2.60. The van der Waals surface area contributed by atoms with Gasteiger partial charge in [-0.25, -0.2) is 0 Å². The second kappa shape index (κ2) is 10.8. The first-order valence-corrected chi connectivity index (χ1v) is 11.9. The van der Waals surface area contributed by atoms with E-state index in [9.17, 15) is 30.4 Å². The number of hydrogen-bond donors (Lipinski definition) is 5. The molecule has 198 valence electrons. The van der Waals surface area contributed by atoms with Crippen LogP contribution in [-0.2, 0) is 14.2 Å². The maximum absolute atomic E-state index is 12.7. The van der Waals surface area contributed by atoms with Crippen molar-refractivity contribution in [2.45, 2.75) is 69.6 Å². The minimum absolute atomic E-state index is 0.00448. The van der Waals surface area contributed by atoms with Gasteiger partial charge in [-0.2, -0.15) is 4.73 Å². The van der Waals surface area contributed by atoms with Crippen molar-refractivity contribution in [3.63, 3.8) is 0 Å². The molecule has 8 unspecified atom stereocenters. The number of nitrogens with zero attached hydrogens (tertiary/aromatic N) is 1. The largest absolute Gasteiger partial charge is 0.507 e. The van der Waals surface area contributed by atoms with Crippen LogP contribution in [0.5, 0.6) is 11.5 Å². The molecule has 0 radical (unpaired) electrons. The molecule has 5 N–H and O–H groups in total. The third kappa shape index (κ3) is 4.95. The molecule has 2 aliphatic rings. The van der Waals surface area contributed by atoms with Crippen LogP contribution in [0.1, 0.15) is 38.4 Å². The van der Waals surface area contributed by atoms with Gasteiger partial charge in [0, 0.05) is 12.7 Å². The first-order chi connectivity index (χ1) is 17.2. The van der Waals surface area contributed by atoms with Crippen LogP contribution in [0.3, 0.4) is 0 Å². The van der Waals surface area contributed by atoms with Gasteiger partial charge in [0.2, 0.25) is 6.29 Å². The molecular formula is C25H33NO10. The van der Waals surface area contributed by atoms with Gasteiger partial charge in [-0.1, -0.05) is 19.1 Å². The Labute approximate surface area is 208 Å². The molecule has 1 aromatic carbocycles. The predicted molar refractivity (Wildman–Crippen MR) is 126 cm³/mol. The fourth-order valence-corrected chi connectivity index (χ4v) is 4.82. The molecule has 11 heteroatoms. The van der Waals surface area contributed by atoms with Gasteiger partial charge in [0.25, 0.3) is 5.56 Å². The van der Waals surface area contributed by atoms with E-state index in [2.05, 4.69) is 0 Å². The Morgan fingerprint density at radius 3 is 2.42 bits per heavy atom. The average molecular weight is 508 g/mol. The lowest BCUT2D eigenvalue weighted by atomic mass is 9.88. The van der Waals surface area contributed by atoms with Crippen molar-refractivity contribution in [1.29, 1.82) is 0 Å². The van der Waals surface area contributed by atoms with Crippen molar-refractivity contribution in [3.05, 3.63) is 46.4 Å². The van der Waals surface area contributed by atoms with Crippen molar-refractivity contribution >= 4 is 0 Å². The number of ether oxygens (including phenoxy) is 4. The lowest BCUT2D eigenvalue weighted by Gasteiger charge is -2.41. The molecule has 1 aromatic heterocycles. The van der Waals surface area contributed by atoms with Gasteiger partial charge in [-0.15, -0.1) is 0 Å². The molecular weight excluding hydrogens is 474 g/mol. The van der Waals surface area contributed by atoms with Crippen LogP contribution >= 0.6 is 0 Å². The van der Waals surface area contributed by atoms with Crippen molar-refractivity contribution in [1.82, 2.24) is 4.73 Å². The summed E-state index contributed by atoms with van der Waals surface area (Å²) in [6.45, 7) is 3.40. The molecule has 0 aliphatic carbocycles. The number of benzene rings is 1. The number of aliphatic hydroxyl groups excluding tert-OH is 3. The normalized spacial score (nSPS) is 32.8. The molecule has 8 atom stereocenters. The third-order valence-electron chi connectivity index (χ3n) is 6.92. The lowest BCUT2D eigenvalue weighted by molar-refractivity contribution is -0.281. The van der Waals surface area contributed by atoms with Crippen molar-refractivity contribution < 1.29 is 44.6 Å². The van der Waals surface area contributed by atoms with Crippen LogP contribution in [0, 0.1) is 5.92 Å². The summed E-state index contributed by atoms with van der Waals surface area (Å²) in [6.07, 6.45) is -3.79. The summed E-state index contributed by atoms with van der Waals surface area (Å²) >= 11 is 0. The number of hydrogen-bond acceptors (Lipinski definition) is 10. The van der Waals surface area contributed by atoms with Crippen LogP contribution in [0.4, 0.5) is 0 Å². The van der Waals surface area contributed by atoms with Crippen molar-refractivity contribution in [3.8, 4) is 22.6 Å². The highest BCUT2D eigenvalue weighted by Gasteiger charge is 2.45. The Morgan fingerprint density at radius 1 is 1.08 bits per heavy atom. The molecule has 2 aromatic rings. The number of rotatable bonds is 6. The summed E-state index contributed by atoms with van der Waals surface area (Å²) in [5, 5.41) is 51.5. The number of aliphatic hydroxyl groups is 3. The maximum atomic E-state index is 12.7. The highest BCUT2D eigenvalue weighted by atomic mass is 16.7. The summed E-state index contributed by atoms with van der Waals surface area (Å²) in [5.41, 5.74) is -0.0275. The van der Waals surface area contributed by atoms with Gasteiger partial charge in [-0.05, 0) is 43.4 Å². The minimum Gasteiger partial charge on any atom is -0.507 e. The summed E-state index contributed by atoms with van der Waals surface area (Å²) in [5.74, 6) is -0.0170. The Hall–Kier alpha value is -2.67. The van der Waals surface area contributed by atoms with E-state index in [1.165, 1.54) is 7.11 Å². The minimum atomic E-state index is -1.43. The van der Waals surface area contributed by atoms with Crippen LogP contribution in [0.25, 0.3) is 11.1 Å². The molecule has 0 amide bonds. The molecule has 2 aliphatic heterocycles. The second-order valence-electron chi connectivity index (χ2n) is 9.43. The molecule has 0 spiro atoms. The molecule has 2 fully saturated rings. The Morgan fingerprint density at radius 2 is 1.78 bits per heavy atom. The summed E-state index contributed by atoms with van der Waals surface area (Å²) in [4.78, 5) is 12.7. The third-order valence-corrected chi connectivity index (χ3v) is 6.92. The van der Waals surface area contributed by atoms with Gasteiger partial charge in [0.15, 0.2) is 0 Å². The Bertz CT molecular complexity index is 1100. The van der Waals surface area contributed by atoms with E-state index < -0.39 is 49.0 Å². The quantitative estimate of drug-likeness (QED) is 0.359. The van der Waals surface area contributed by atoms with E-state index in [4.69, 9.17) is 18.9 Å². The molecule has 11 nitrogen and oxygen atoms in total. The first kappa shape index (κ1) is 26.4. The zero-order valence-electron chi connectivity index (χ0n) is 20.4. The predicted octanol–water partition coefficient (Wildman–Crippen LogP) is 1.17. The zero-order valence-corrected chi connectivity index (χ0v) is 20.4. The van der Waals surface area contributed by atoms with E-state index in [1.807, 2.05) is 13.8 Å². The second-order valence-corrected chi connectivity index (χ2v) is 9.43. The van der Waals surface area contributed by atoms with Crippen LogP contribution < -0.4 is 10.3 Å². The molecule has 0 bridgehead atoms. The van der Waals surface area contributed by atoms with Gasteiger partial charge < -0.3 is 44.6 Å². The molecule has 2 saturated heterocycles. The summed E-state index contributed by atoms with van der Waals surface area (Å²) < 4.78 is 22.8. The average Bonchev–Trinajstić information content (AvgIpc) is 2.87. The topological polar surface area (TPSA) is 160 Å². The van der Waals surface area contributed by atoms with Crippen LogP contribution in [0.15, 0.2) is 35.3 Å². The van der Waals surface area contributed by atoms with Crippen LogP contribution in [0.2, 0.25) is 0 Å². The first-order valence-electron chi connectivity index (χ1n) is 11.9.